The van der Waals surface area contributed by atoms with Gasteiger partial charge in [0, 0.05) is 41.7 Å². The summed E-state index contributed by atoms with van der Waals surface area (Å²) in [6.07, 6.45) is 1.75. The molecule has 0 spiro atoms. The van der Waals surface area contributed by atoms with Crippen LogP contribution in [0.1, 0.15) is 62.3 Å². The summed E-state index contributed by atoms with van der Waals surface area (Å²) < 4.78 is 10.0. The molecule has 0 aliphatic carbocycles. The summed E-state index contributed by atoms with van der Waals surface area (Å²) in [6, 6.07) is 6.69. The summed E-state index contributed by atoms with van der Waals surface area (Å²) in [6.45, 7) is 27.0. The number of nitrogens with zero attached hydrogens (tertiary/aromatic N) is 2. The molecule has 1 heterocycles. The van der Waals surface area contributed by atoms with Crippen LogP contribution in [0.2, 0.25) is 0 Å². The van der Waals surface area contributed by atoms with Crippen LogP contribution in [0.4, 0.5) is 0 Å². The summed E-state index contributed by atoms with van der Waals surface area (Å²) in [4.78, 5) is 28.6. The fraction of sp³-hybridized carbons (Fsp3) is 0.593. The van der Waals surface area contributed by atoms with Crippen molar-refractivity contribution in [2.75, 3.05) is 25.5 Å². The summed E-state index contributed by atoms with van der Waals surface area (Å²) in [5.74, 6) is 0.936. The molecule has 0 aromatic carbocycles. The zero-order valence-corrected chi connectivity index (χ0v) is 24.8. The largest absolute Gasteiger partial charge is 0.461 e. The molecule has 0 fully saturated rings. The Morgan fingerprint density at radius 1 is 0.914 bits per heavy atom. The topological polar surface area (TPSA) is 68.7 Å². The molecule has 0 radical (unpaired) electrons. The van der Waals surface area contributed by atoms with Gasteiger partial charge < -0.3 is 9.47 Å². The number of rotatable bonds is 12. The lowest BCUT2D eigenvalue weighted by atomic mass is 10.2. The van der Waals surface area contributed by atoms with Crippen LogP contribution < -0.4 is 0 Å². The van der Waals surface area contributed by atoms with E-state index in [1.54, 1.807) is 41.6 Å². The Kier molecular flexibility index (Phi) is 21.7. The monoisotopic (exact) mass is 526 g/mol. The molecule has 6 nitrogen and oxygen atoms in total. The van der Waals surface area contributed by atoms with E-state index in [1.165, 1.54) is 0 Å². The average molecular weight is 527 g/mol. The third-order valence-corrected chi connectivity index (χ3v) is 6.02. The summed E-state index contributed by atoms with van der Waals surface area (Å²) >= 11 is 0. The van der Waals surface area contributed by atoms with Crippen LogP contribution in [0.5, 0.6) is 0 Å². The highest BCUT2D eigenvalue weighted by atomic mass is 33.1. The SMILES string of the molecule is C=C(C)C(=O)OCCN(C(C)C)C(C)C.C=C(C)C(=O)OCCSSc1ccccn1.CC(C)C. The van der Waals surface area contributed by atoms with E-state index < -0.39 is 0 Å². The van der Waals surface area contributed by atoms with Gasteiger partial charge in [-0.2, -0.15) is 0 Å². The van der Waals surface area contributed by atoms with Crippen molar-refractivity contribution < 1.29 is 19.1 Å². The van der Waals surface area contributed by atoms with Crippen LogP contribution in [-0.2, 0) is 19.1 Å². The van der Waals surface area contributed by atoms with Gasteiger partial charge in [-0.25, -0.2) is 14.6 Å². The summed E-state index contributed by atoms with van der Waals surface area (Å²) in [7, 11) is 3.18. The van der Waals surface area contributed by atoms with Gasteiger partial charge in [-0.15, -0.1) is 0 Å². The third kappa shape index (κ3) is 22.4. The molecule has 35 heavy (non-hydrogen) atoms. The highest BCUT2D eigenvalue weighted by Gasteiger charge is 2.13. The Labute approximate surface area is 221 Å². The van der Waals surface area contributed by atoms with Crippen LogP contribution in [0.3, 0.4) is 0 Å². The fourth-order valence-electron chi connectivity index (χ4n) is 2.27. The highest BCUT2D eigenvalue weighted by molar-refractivity contribution is 8.76. The first kappa shape index (κ1) is 35.4. The molecule has 0 N–H and O–H groups in total. The van der Waals surface area contributed by atoms with E-state index in [-0.39, 0.29) is 11.9 Å². The lowest BCUT2D eigenvalue weighted by molar-refractivity contribution is -0.140. The van der Waals surface area contributed by atoms with Crippen molar-refractivity contribution in [2.45, 2.75) is 79.4 Å². The molecule has 0 saturated carbocycles. The standard InChI is InChI=1S/C12H23NO2.C11H13NO2S2.C4H10/c1-9(2)12(14)15-8-7-13(10(3)4)11(5)6;1-9(2)11(13)14-7-8-15-16-10-5-3-4-6-12-10;1-4(2)3/h10-11H,1,7-8H2,2-6H3;3-6H,1,7-8H2,2H3;4H,1-3H3. The first-order valence-electron chi connectivity index (χ1n) is 11.9. The van der Waals surface area contributed by atoms with Gasteiger partial charge in [-0.1, -0.05) is 50.8 Å². The highest BCUT2D eigenvalue weighted by Crippen LogP contribution is 2.28. The molecule has 1 rings (SSSR count). The number of aromatic nitrogens is 1. The van der Waals surface area contributed by atoms with Crippen LogP contribution in [0.25, 0.3) is 0 Å². The normalized spacial score (nSPS) is 10.3. The average Bonchev–Trinajstić information content (AvgIpc) is 2.76. The van der Waals surface area contributed by atoms with Gasteiger partial charge in [0.05, 0.1) is 0 Å². The molecule has 0 amide bonds. The molecule has 0 aliphatic rings. The van der Waals surface area contributed by atoms with Gasteiger partial charge in [-0.05, 0) is 70.4 Å². The van der Waals surface area contributed by atoms with Gasteiger partial charge in [0.15, 0.2) is 0 Å². The van der Waals surface area contributed by atoms with Crippen LogP contribution in [0, 0.1) is 5.92 Å². The minimum absolute atomic E-state index is 0.303. The predicted molar refractivity (Wildman–Crippen MR) is 152 cm³/mol. The first-order valence-corrected chi connectivity index (χ1v) is 14.2. The van der Waals surface area contributed by atoms with Crippen molar-refractivity contribution in [1.29, 1.82) is 0 Å². The Bertz CT molecular complexity index is 727. The zero-order chi connectivity index (χ0) is 27.4. The number of hydrogen-bond donors (Lipinski definition) is 0. The molecule has 0 aliphatic heterocycles. The summed E-state index contributed by atoms with van der Waals surface area (Å²) in [5.41, 5.74) is 0.887. The zero-order valence-electron chi connectivity index (χ0n) is 23.1. The number of carbonyl (C=O) groups excluding carboxylic acids is 2. The van der Waals surface area contributed by atoms with E-state index in [1.807, 2.05) is 18.2 Å². The molecule has 0 saturated heterocycles. The van der Waals surface area contributed by atoms with Gasteiger partial charge in [0.1, 0.15) is 18.2 Å². The first-order chi connectivity index (χ1) is 16.3. The summed E-state index contributed by atoms with van der Waals surface area (Å²) in [5, 5.41) is 0.957. The van der Waals surface area contributed by atoms with E-state index in [9.17, 15) is 9.59 Å². The Morgan fingerprint density at radius 3 is 1.80 bits per heavy atom. The van der Waals surface area contributed by atoms with Crippen molar-refractivity contribution >= 4 is 33.5 Å². The van der Waals surface area contributed by atoms with E-state index in [0.717, 1.165) is 23.2 Å². The van der Waals surface area contributed by atoms with Gasteiger partial charge in [0.2, 0.25) is 0 Å². The molecule has 1 aromatic rings. The minimum Gasteiger partial charge on any atom is -0.461 e. The number of ether oxygens (including phenoxy) is 2. The van der Waals surface area contributed by atoms with Crippen molar-refractivity contribution in [1.82, 2.24) is 9.88 Å². The Morgan fingerprint density at radius 2 is 1.40 bits per heavy atom. The minimum atomic E-state index is -0.330. The van der Waals surface area contributed by atoms with Crippen LogP contribution in [-0.4, -0.2) is 59.4 Å². The van der Waals surface area contributed by atoms with E-state index >= 15 is 0 Å². The second kappa shape index (κ2) is 21.5. The number of carbonyl (C=O) groups is 2. The lowest BCUT2D eigenvalue weighted by Gasteiger charge is -2.30. The quantitative estimate of drug-likeness (QED) is 0.127. The van der Waals surface area contributed by atoms with E-state index in [4.69, 9.17) is 9.47 Å². The van der Waals surface area contributed by atoms with Crippen molar-refractivity contribution in [3.8, 4) is 0 Å². The van der Waals surface area contributed by atoms with E-state index in [2.05, 4.69) is 71.5 Å². The molecule has 200 valence electrons. The van der Waals surface area contributed by atoms with E-state index in [0.29, 0.717) is 36.4 Å². The number of esters is 2. The molecule has 1 aromatic heterocycles. The van der Waals surface area contributed by atoms with Gasteiger partial charge in [0.25, 0.3) is 0 Å². The van der Waals surface area contributed by atoms with Crippen molar-refractivity contribution in [2.24, 2.45) is 5.92 Å². The second-order valence-electron chi connectivity index (χ2n) is 9.06. The maximum atomic E-state index is 11.1. The predicted octanol–water partition coefficient (Wildman–Crippen LogP) is 6.83. The molecule has 8 heteroatoms. The lowest BCUT2D eigenvalue weighted by Crippen LogP contribution is -2.39. The molecule has 0 atom stereocenters. The third-order valence-electron chi connectivity index (χ3n) is 3.79. The molecular weight excluding hydrogens is 480 g/mol. The van der Waals surface area contributed by atoms with Gasteiger partial charge >= 0.3 is 11.9 Å². The Balaban J connectivity index is 0. The fourth-order valence-corrected chi connectivity index (χ4v) is 3.98. The smallest absolute Gasteiger partial charge is 0.333 e. The maximum absolute atomic E-state index is 11.1. The van der Waals surface area contributed by atoms with Crippen LogP contribution >= 0.6 is 21.6 Å². The second-order valence-corrected chi connectivity index (χ2v) is 11.5. The molecular formula is C27H46N2O4S2. The van der Waals surface area contributed by atoms with Gasteiger partial charge in [-0.3, -0.25) is 4.90 Å². The number of hydrogen-bond acceptors (Lipinski definition) is 8. The molecule has 0 bridgehead atoms. The van der Waals surface area contributed by atoms with Crippen molar-refractivity contribution in [3.63, 3.8) is 0 Å². The maximum Gasteiger partial charge on any atom is 0.333 e. The van der Waals surface area contributed by atoms with Crippen molar-refractivity contribution in [3.05, 3.63) is 48.7 Å². The van der Waals surface area contributed by atoms with Crippen LogP contribution in [0.15, 0.2) is 53.7 Å². The number of pyridine rings is 1. The molecule has 0 unspecified atom stereocenters. The Hall–Kier alpha value is -1.77.